The zero-order chi connectivity index (χ0) is 19.1. The Morgan fingerprint density at radius 1 is 1.00 bits per heavy atom. The second kappa shape index (κ2) is 6.70. The first-order chi connectivity index (χ1) is 12.2. The lowest BCUT2D eigenvalue weighted by molar-refractivity contribution is 0.397. The molecule has 1 atom stereocenters. The van der Waals surface area contributed by atoms with Crippen molar-refractivity contribution in [1.29, 1.82) is 0 Å². The van der Waals surface area contributed by atoms with Gasteiger partial charge in [0.2, 0.25) is 10.0 Å². The number of fused-ring (bicyclic) bond motifs is 1. The van der Waals surface area contributed by atoms with E-state index in [9.17, 15) is 13.2 Å². The minimum Gasteiger partial charge on any atom is -0.423 e. The van der Waals surface area contributed by atoms with Crippen LogP contribution in [0.5, 0.6) is 0 Å². The van der Waals surface area contributed by atoms with Crippen LogP contribution >= 0.6 is 0 Å². The topological polar surface area (TPSA) is 67.6 Å². The van der Waals surface area contributed by atoms with Crippen LogP contribution in [0.25, 0.3) is 11.0 Å². The molecule has 0 radical (unpaired) electrons. The fourth-order valence-corrected chi connectivity index (χ4v) is 4.37. The largest absolute Gasteiger partial charge is 0.423 e. The van der Waals surface area contributed by atoms with Crippen molar-refractivity contribution in [3.05, 3.63) is 75.6 Å². The summed E-state index contributed by atoms with van der Waals surface area (Å²) in [6.45, 7) is 5.84. The van der Waals surface area contributed by atoms with Crippen LogP contribution in [0.3, 0.4) is 0 Å². The highest BCUT2D eigenvalue weighted by Crippen LogP contribution is 2.29. The minimum atomic E-state index is -3.70. The van der Waals surface area contributed by atoms with Crippen LogP contribution in [0.2, 0.25) is 0 Å². The molecule has 0 bridgehead atoms. The molecule has 0 aliphatic heterocycles. The van der Waals surface area contributed by atoms with Crippen LogP contribution < -0.4 is 5.63 Å². The van der Waals surface area contributed by atoms with Gasteiger partial charge in [-0.25, -0.2) is 13.2 Å². The van der Waals surface area contributed by atoms with Crippen molar-refractivity contribution in [2.24, 2.45) is 0 Å². The lowest BCUT2D eigenvalue weighted by atomic mass is 10.0. The van der Waals surface area contributed by atoms with Gasteiger partial charge in [0.05, 0.1) is 4.90 Å². The maximum absolute atomic E-state index is 13.1. The van der Waals surface area contributed by atoms with Gasteiger partial charge in [-0.3, -0.25) is 0 Å². The minimum absolute atomic E-state index is 0.165. The van der Waals surface area contributed by atoms with Gasteiger partial charge in [0.1, 0.15) is 5.58 Å². The highest BCUT2D eigenvalue weighted by atomic mass is 32.2. The Balaban J connectivity index is 2.02. The smallest absolute Gasteiger partial charge is 0.336 e. The predicted octanol–water partition coefficient (Wildman–Crippen LogP) is 3.79. The van der Waals surface area contributed by atoms with Crippen LogP contribution in [0, 0.1) is 13.8 Å². The van der Waals surface area contributed by atoms with E-state index in [-0.39, 0.29) is 10.9 Å². The number of hydrogen-bond acceptors (Lipinski definition) is 4. The monoisotopic (exact) mass is 371 g/mol. The van der Waals surface area contributed by atoms with Gasteiger partial charge in [-0.05, 0) is 56.2 Å². The fraction of sp³-hybridized carbons (Fsp3) is 0.250. The SMILES string of the molecule is Cc1ccc(C)c(C(C)N(C)S(=O)(=O)c2ccc3oc(=O)ccc3c2)c1. The number of hydrogen-bond donors (Lipinski definition) is 0. The normalized spacial score (nSPS) is 13.3. The summed E-state index contributed by atoms with van der Waals surface area (Å²) < 4.78 is 32.6. The summed E-state index contributed by atoms with van der Waals surface area (Å²) in [7, 11) is -2.12. The lowest BCUT2D eigenvalue weighted by Crippen LogP contribution is -2.30. The Hall–Kier alpha value is -2.44. The molecule has 0 N–H and O–H groups in total. The first-order valence-electron chi connectivity index (χ1n) is 8.29. The Morgan fingerprint density at radius 3 is 2.46 bits per heavy atom. The van der Waals surface area contributed by atoms with E-state index in [4.69, 9.17) is 4.42 Å². The van der Waals surface area contributed by atoms with E-state index in [1.807, 2.05) is 39.0 Å². The summed E-state index contributed by atoms with van der Waals surface area (Å²) in [5.41, 5.74) is 3.01. The van der Waals surface area contributed by atoms with E-state index in [1.165, 1.54) is 28.6 Å². The zero-order valence-electron chi connectivity index (χ0n) is 15.2. The molecule has 0 spiro atoms. The van der Waals surface area contributed by atoms with Gasteiger partial charge in [-0.1, -0.05) is 23.8 Å². The third-order valence-electron chi connectivity index (χ3n) is 4.70. The number of rotatable bonds is 4. The molecule has 0 saturated heterocycles. The van der Waals surface area contributed by atoms with Gasteiger partial charge < -0.3 is 4.42 Å². The van der Waals surface area contributed by atoms with E-state index < -0.39 is 15.6 Å². The van der Waals surface area contributed by atoms with E-state index >= 15 is 0 Å². The summed E-state index contributed by atoms with van der Waals surface area (Å²) in [6.07, 6.45) is 0. The third kappa shape index (κ3) is 3.30. The molecule has 2 aromatic carbocycles. The first-order valence-corrected chi connectivity index (χ1v) is 9.73. The van der Waals surface area contributed by atoms with Crippen LogP contribution in [-0.4, -0.2) is 19.8 Å². The van der Waals surface area contributed by atoms with E-state index in [2.05, 4.69) is 0 Å². The molecule has 3 rings (SSSR count). The number of sulfonamides is 1. The molecule has 1 unspecified atom stereocenters. The maximum Gasteiger partial charge on any atom is 0.336 e. The van der Waals surface area contributed by atoms with Crippen molar-refractivity contribution < 1.29 is 12.8 Å². The van der Waals surface area contributed by atoms with E-state index in [0.29, 0.717) is 11.0 Å². The Labute approximate surface area is 152 Å². The summed E-state index contributed by atoms with van der Waals surface area (Å²) in [5, 5.41) is 0.568. The first kappa shape index (κ1) is 18.4. The van der Waals surface area contributed by atoms with Crippen molar-refractivity contribution in [2.45, 2.75) is 31.7 Å². The number of nitrogens with zero attached hydrogens (tertiary/aromatic N) is 1. The van der Waals surface area contributed by atoms with Gasteiger partial charge in [0.15, 0.2) is 0 Å². The summed E-state index contributed by atoms with van der Waals surface area (Å²) in [4.78, 5) is 11.5. The molecule has 5 nitrogen and oxygen atoms in total. The van der Waals surface area contributed by atoms with Crippen LogP contribution in [0.15, 0.2) is 62.6 Å². The molecule has 0 saturated carbocycles. The molecular weight excluding hydrogens is 350 g/mol. The second-order valence-corrected chi connectivity index (χ2v) is 8.51. The Kier molecular flexibility index (Phi) is 4.73. The van der Waals surface area contributed by atoms with Gasteiger partial charge in [-0.15, -0.1) is 0 Å². The standard InChI is InChI=1S/C20H21NO4S/c1-13-5-6-14(2)18(11-13)15(3)21(4)26(23,24)17-8-9-19-16(12-17)7-10-20(22)25-19/h5-12,15H,1-4H3. The van der Waals surface area contributed by atoms with Crippen molar-refractivity contribution in [3.8, 4) is 0 Å². The lowest BCUT2D eigenvalue weighted by Gasteiger charge is -2.26. The molecule has 3 aromatic rings. The summed E-state index contributed by atoms with van der Waals surface area (Å²) in [5.74, 6) is 0. The summed E-state index contributed by atoms with van der Waals surface area (Å²) in [6, 6.07) is 13.1. The third-order valence-corrected chi connectivity index (χ3v) is 6.62. The van der Waals surface area contributed by atoms with Crippen molar-refractivity contribution >= 4 is 21.0 Å². The average Bonchev–Trinajstić information content (AvgIpc) is 2.61. The second-order valence-electron chi connectivity index (χ2n) is 6.51. The maximum atomic E-state index is 13.1. The quantitative estimate of drug-likeness (QED) is 0.655. The average molecular weight is 371 g/mol. The molecule has 0 aliphatic carbocycles. The number of aryl methyl sites for hydroxylation is 2. The predicted molar refractivity (Wildman–Crippen MR) is 102 cm³/mol. The molecule has 6 heteroatoms. The Morgan fingerprint density at radius 2 is 1.73 bits per heavy atom. The molecule has 136 valence electrons. The van der Waals surface area contributed by atoms with Gasteiger partial charge >= 0.3 is 5.63 Å². The summed E-state index contributed by atoms with van der Waals surface area (Å²) >= 11 is 0. The Bertz CT molecular complexity index is 1130. The van der Waals surface area contributed by atoms with Gasteiger partial charge in [0, 0.05) is 24.5 Å². The van der Waals surface area contributed by atoms with Crippen molar-refractivity contribution in [1.82, 2.24) is 4.31 Å². The molecule has 0 fully saturated rings. The molecular formula is C20H21NO4S. The van der Waals surface area contributed by atoms with Crippen molar-refractivity contribution in [2.75, 3.05) is 7.05 Å². The van der Waals surface area contributed by atoms with E-state index in [1.54, 1.807) is 13.1 Å². The molecule has 1 aromatic heterocycles. The molecule has 1 heterocycles. The van der Waals surface area contributed by atoms with Crippen LogP contribution in [-0.2, 0) is 10.0 Å². The highest BCUT2D eigenvalue weighted by molar-refractivity contribution is 7.89. The van der Waals surface area contributed by atoms with Crippen LogP contribution in [0.4, 0.5) is 0 Å². The van der Waals surface area contributed by atoms with E-state index in [0.717, 1.165) is 16.7 Å². The molecule has 0 aliphatic rings. The molecule has 26 heavy (non-hydrogen) atoms. The van der Waals surface area contributed by atoms with Gasteiger partial charge in [0.25, 0.3) is 0 Å². The number of benzene rings is 2. The fourth-order valence-electron chi connectivity index (χ4n) is 2.99. The molecule has 0 amide bonds. The zero-order valence-corrected chi connectivity index (χ0v) is 16.0. The van der Waals surface area contributed by atoms with Crippen LogP contribution in [0.1, 0.15) is 29.7 Å². The highest BCUT2D eigenvalue weighted by Gasteiger charge is 2.27. The van der Waals surface area contributed by atoms with Crippen molar-refractivity contribution in [3.63, 3.8) is 0 Å². The van der Waals surface area contributed by atoms with Gasteiger partial charge in [-0.2, -0.15) is 4.31 Å².